The first-order valence-electron chi connectivity index (χ1n) is 17.2. The van der Waals surface area contributed by atoms with E-state index in [1.165, 1.54) is 22.2 Å². The molecule has 2 aliphatic carbocycles. The average molecular weight is 654 g/mol. The Morgan fingerprint density at radius 3 is 2.37 bits per heavy atom. The number of nitrogens with zero attached hydrogens (tertiary/aromatic N) is 5. The van der Waals surface area contributed by atoms with E-state index in [4.69, 9.17) is 0 Å². The van der Waals surface area contributed by atoms with Gasteiger partial charge in [-0.05, 0) is 103 Å². The largest absolute Gasteiger partial charge is 0.333 e. The highest BCUT2D eigenvalue weighted by atomic mass is 15.2. The molecule has 6 aromatic rings. The molecule has 0 N–H and O–H groups in total. The van der Waals surface area contributed by atoms with E-state index in [0.717, 1.165) is 57.7 Å². The van der Waals surface area contributed by atoms with E-state index in [1.807, 2.05) is 42.5 Å². The molecule has 5 aromatic carbocycles. The van der Waals surface area contributed by atoms with Crippen LogP contribution in [0.5, 0.6) is 0 Å². The topological polar surface area (TPSA) is 79.5 Å². The number of allylic oxidation sites excluding steroid dienone is 3. The summed E-state index contributed by atoms with van der Waals surface area (Å²) in [4.78, 5) is 2.32. The zero-order valence-electron chi connectivity index (χ0n) is 28.0. The molecule has 0 radical (unpaired) electrons. The highest BCUT2D eigenvalue weighted by Gasteiger charge is 2.47. The molecule has 0 amide bonds. The van der Waals surface area contributed by atoms with Crippen molar-refractivity contribution >= 4 is 28.4 Å². The Hall–Kier alpha value is -6.87. The third-order valence-corrected chi connectivity index (χ3v) is 10.8. The summed E-state index contributed by atoms with van der Waals surface area (Å²) in [5.41, 5.74) is 13.3. The first-order chi connectivity index (χ1) is 25.0. The van der Waals surface area contributed by atoms with Gasteiger partial charge in [-0.25, -0.2) is 0 Å². The monoisotopic (exact) mass is 653 g/mol. The van der Waals surface area contributed by atoms with E-state index in [0.29, 0.717) is 16.7 Å². The van der Waals surface area contributed by atoms with Crippen LogP contribution in [-0.4, -0.2) is 10.6 Å². The van der Waals surface area contributed by atoms with Gasteiger partial charge in [0.05, 0.1) is 46.6 Å². The molecule has 2 unspecified atom stereocenters. The molecule has 2 atom stereocenters. The molecule has 0 bridgehead atoms. The van der Waals surface area contributed by atoms with Crippen molar-refractivity contribution in [3.05, 3.63) is 167 Å². The van der Waals surface area contributed by atoms with Gasteiger partial charge in [0, 0.05) is 44.6 Å². The lowest BCUT2D eigenvalue weighted by molar-refractivity contribution is 0.548. The van der Waals surface area contributed by atoms with E-state index in [2.05, 4.69) is 132 Å². The van der Waals surface area contributed by atoms with Crippen LogP contribution in [0.4, 0.5) is 11.4 Å². The minimum absolute atomic E-state index is 0.0859. The number of nitriles is 3. The molecule has 51 heavy (non-hydrogen) atoms. The minimum Gasteiger partial charge on any atom is -0.333 e. The maximum absolute atomic E-state index is 10.1. The lowest BCUT2D eigenvalue weighted by Crippen LogP contribution is -2.39. The predicted octanol–water partition coefficient (Wildman–Crippen LogP) is 10.5. The van der Waals surface area contributed by atoms with Gasteiger partial charge >= 0.3 is 0 Å². The van der Waals surface area contributed by atoms with Gasteiger partial charge in [-0.3, -0.25) is 0 Å². The Balaban J connectivity index is 1.23. The first-order valence-corrected chi connectivity index (χ1v) is 17.2. The van der Waals surface area contributed by atoms with E-state index < -0.39 is 5.41 Å². The van der Waals surface area contributed by atoms with Crippen molar-refractivity contribution in [3.63, 3.8) is 0 Å². The number of para-hydroxylation sites is 2. The van der Waals surface area contributed by atoms with Crippen molar-refractivity contribution in [2.45, 2.75) is 31.2 Å². The molecule has 240 valence electrons. The number of rotatable bonds is 4. The van der Waals surface area contributed by atoms with Crippen LogP contribution in [-0.2, 0) is 11.8 Å². The summed E-state index contributed by atoms with van der Waals surface area (Å²) in [7, 11) is 0. The summed E-state index contributed by atoms with van der Waals surface area (Å²) in [6.07, 6.45) is 12.5. The van der Waals surface area contributed by atoms with Crippen LogP contribution in [0, 0.1) is 34.0 Å². The van der Waals surface area contributed by atoms with Gasteiger partial charge in [0.1, 0.15) is 0 Å². The van der Waals surface area contributed by atoms with Crippen LogP contribution in [0.25, 0.3) is 44.9 Å². The third-order valence-electron chi connectivity index (χ3n) is 10.8. The van der Waals surface area contributed by atoms with Gasteiger partial charge in [0.15, 0.2) is 0 Å². The average Bonchev–Trinajstić information content (AvgIpc) is 3.66. The fraction of sp³-hybridized carbons (Fsp3) is 0.109. The number of fused-ring (bicyclic) bond motifs is 6. The Bertz CT molecular complexity index is 2670. The summed E-state index contributed by atoms with van der Waals surface area (Å²) in [6.45, 7) is 2.15. The Kier molecular flexibility index (Phi) is 6.89. The normalized spacial score (nSPS) is 18.3. The Morgan fingerprint density at radius 1 is 0.706 bits per heavy atom. The van der Waals surface area contributed by atoms with Gasteiger partial charge in [-0.1, -0.05) is 78.9 Å². The van der Waals surface area contributed by atoms with Gasteiger partial charge in [-0.15, -0.1) is 0 Å². The van der Waals surface area contributed by atoms with Crippen LogP contribution < -0.4 is 4.90 Å². The molecule has 0 saturated heterocycles. The van der Waals surface area contributed by atoms with Crippen molar-refractivity contribution in [3.8, 4) is 46.1 Å². The van der Waals surface area contributed by atoms with Crippen LogP contribution in [0.2, 0.25) is 0 Å². The maximum Gasteiger partial charge on any atom is 0.0991 e. The van der Waals surface area contributed by atoms with E-state index >= 15 is 0 Å². The molecule has 5 heteroatoms. The molecule has 1 aliphatic heterocycles. The molecule has 0 fully saturated rings. The molecule has 3 aliphatic rings. The van der Waals surface area contributed by atoms with E-state index in [9.17, 15) is 15.8 Å². The first kappa shape index (κ1) is 30.2. The van der Waals surface area contributed by atoms with Crippen LogP contribution in [0.15, 0.2) is 139 Å². The van der Waals surface area contributed by atoms with Crippen molar-refractivity contribution in [1.29, 1.82) is 15.8 Å². The highest BCUT2D eigenvalue weighted by molar-refractivity contribution is 5.96. The summed E-state index contributed by atoms with van der Waals surface area (Å²) >= 11 is 0. The molecule has 0 spiro atoms. The smallest absolute Gasteiger partial charge is 0.0991 e. The quantitative estimate of drug-likeness (QED) is 0.190. The van der Waals surface area contributed by atoms with Gasteiger partial charge in [-0.2, -0.15) is 15.8 Å². The zero-order chi connectivity index (χ0) is 34.7. The molecule has 0 saturated carbocycles. The van der Waals surface area contributed by atoms with Crippen LogP contribution >= 0.6 is 0 Å². The molecule has 2 heterocycles. The second kappa shape index (κ2) is 11.6. The number of hydrogen-bond acceptors (Lipinski definition) is 4. The van der Waals surface area contributed by atoms with Gasteiger partial charge in [0.25, 0.3) is 0 Å². The van der Waals surface area contributed by atoms with Crippen molar-refractivity contribution in [1.82, 2.24) is 4.57 Å². The van der Waals surface area contributed by atoms with Gasteiger partial charge in [0.2, 0.25) is 0 Å². The summed E-state index contributed by atoms with van der Waals surface area (Å²) < 4.78 is 2.42. The molecular formula is C46H31N5. The molecular weight excluding hydrogens is 623 g/mol. The van der Waals surface area contributed by atoms with Crippen molar-refractivity contribution < 1.29 is 0 Å². The second-order valence-corrected chi connectivity index (χ2v) is 13.6. The summed E-state index contributed by atoms with van der Waals surface area (Å²) in [5.74, 6) is 0. The Morgan fingerprint density at radius 2 is 1.51 bits per heavy atom. The lowest BCUT2D eigenvalue weighted by Gasteiger charge is -2.35. The SMILES string of the molecule is CC12C=C(C#N)C=CC1N(c1cccc(-c3ccc(C#N)cc3-c3ccccc3-n3c4c(c5ccccc53)C=CCC4)c1)c1ccc(C#N)cc12. The van der Waals surface area contributed by atoms with Crippen molar-refractivity contribution in [2.75, 3.05) is 4.90 Å². The summed E-state index contributed by atoms with van der Waals surface area (Å²) in [6, 6.07) is 44.5. The molecule has 1 aromatic heterocycles. The number of aromatic nitrogens is 1. The van der Waals surface area contributed by atoms with E-state index in [1.54, 1.807) is 0 Å². The van der Waals surface area contributed by atoms with Crippen molar-refractivity contribution in [2.24, 2.45) is 0 Å². The van der Waals surface area contributed by atoms with Crippen LogP contribution in [0.1, 0.15) is 41.3 Å². The third kappa shape index (κ3) is 4.59. The van der Waals surface area contributed by atoms with E-state index in [-0.39, 0.29) is 6.04 Å². The maximum atomic E-state index is 10.1. The Labute approximate surface area is 297 Å². The number of benzene rings is 5. The van der Waals surface area contributed by atoms with Gasteiger partial charge < -0.3 is 9.47 Å². The summed E-state index contributed by atoms with van der Waals surface area (Å²) in [5, 5.41) is 30.9. The number of hydrogen-bond donors (Lipinski definition) is 0. The minimum atomic E-state index is -0.496. The molecule has 5 nitrogen and oxygen atoms in total. The highest BCUT2D eigenvalue weighted by Crippen LogP contribution is 2.53. The lowest BCUT2D eigenvalue weighted by atomic mass is 9.74. The zero-order valence-corrected chi connectivity index (χ0v) is 28.0. The molecule has 9 rings (SSSR count). The number of anilines is 2. The standard InChI is InChI=1S/C46H31N5/c1-46-26-32(29-49)19-22-45(46)50(44-21-18-31(28-48)24-40(44)46)34-10-8-9-33(25-34)35-20-17-30(27-47)23-39(35)38-13-4-7-16-43(38)51-41-14-5-2-11-36(41)37-12-3-6-15-42(37)51/h2-5,7-14,16-26,45H,6,15H2,1H3. The fourth-order valence-electron chi connectivity index (χ4n) is 8.46. The second-order valence-electron chi connectivity index (χ2n) is 13.6. The van der Waals surface area contributed by atoms with Crippen LogP contribution in [0.3, 0.4) is 0 Å². The predicted molar refractivity (Wildman–Crippen MR) is 203 cm³/mol. The fourth-order valence-corrected chi connectivity index (χ4v) is 8.46.